The van der Waals surface area contributed by atoms with Crippen LogP contribution in [0.3, 0.4) is 0 Å². The number of carbonyl (C=O) groups excluding carboxylic acids is 1. The summed E-state index contributed by atoms with van der Waals surface area (Å²) in [4.78, 5) is 12.3. The summed E-state index contributed by atoms with van der Waals surface area (Å²) in [6.07, 6.45) is 17.4. The Bertz CT molecular complexity index is 258. The van der Waals surface area contributed by atoms with E-state index in [1.165, 1.54) is 38.5 Å². The van der Waals surface area contributed by atoms with Crippen LogP contribution in [-0.4, -0.2) is 37.1 Å². The molecule has 0 rings (SSSR count). The third-order valence-corrected chi connectivity index (χ3v) is 5.23. The van der Waals surface area contributed by atoms with Crippen LogP contribution >= 0.6 is 10.0 Å². The second-order valence-corrected chi connectivity index (χ2v) is 11.6. The van der Waals surface area contributed by atoms with E-state index >= 15 is 0 Å². The van der Waals surface area contributed by atoms with Crippen LogP contribution < -0.4 is 0 Å². The Hall–Kier alpha value is -0.180. The zero-order valence-corrected chi connectivity index (χ0v) is 15.9. The van der Waals surface area contributed by atoms with Crippen molar-refractivity contribution in [1.82, 2.24) is 0 Å². The Morgan fingerprint density at radius 2 is 1.43 bits per heavy atom. The van der Waals surface area contributed by atoms with Gasteiger partial charge in [-0.15, -0.1) is 0 Å². The Labute approximate surface area is 134 Å². The lowest BCUT2D eigenvalue weighted by Crippen LogP contribution is -2.20. The van der Waals surface area contributed by atoms with Crippen LogP contribution in [0.4, 0.5) is 0 Å². The van der Waals surface area contributed by atoms with Crippen molar-refractivity contribution in [3.63, 3.8) is 0 Å². The van der Waals surface area contributed by atoms with E-state index in [2.05, 4.69) is 32.6 Å². The molecule has 0 aliphatic carbocycles. The van der Waals surface area contributed by atoms with Gasteiger partial charge in [0.2, 0.25) is 0 Å². The first-order valence-electron chi connectivity index (χ1n) is 8.73. The quantitative estimate of drug-likeness (QED) is 0.336. The maximum Gasteiger partial charge on any atom is 0.308 e. The first-order chi connectivity index (χ1) is 9.90. The molecular formula is C18H38O2S. The summed E-state index contributed by atoms with van der Waals surface area (Å²) in [5, 5.41) is 0. The van der Waals surface area contributed by atoms with Crippen molar-refractivity contribution in [2.45, 2.75) is 71.6 Å². The average molecular weight is 319 g/mol. The molecule has 0 aromatic heterocycles. The van der Waals surface area contributed by atoms with Gasteiger partial charge in [-0.05, 0) is 31.6 Å². The van der Waals surface area contributed by atoms with Gasteiger partial charge in [0, 0.05) is 5.75 Å². The van der Waals surface area contributed by atoms with E-state index in [1.54, 1.807) is 0 Å². The Balaban J connectivity index is 4.11. The number of carbonyl (C=O) groups is 1. The molecule has 0 saturated heterocycles. The molecule has 0 saturated carbocycles. The lowest BCUT2D eigenvalue weighted by atomic mass is 9.95. The number of hydrogen-bond acceptors (Lipinski definition) is 2. The fraction of sp³-hybridized carbons (Fsp3) is 0.944. The summed E-state index contributed by atoms with van der Waals surface area (Å²) in [5.74, 6) is 1.23. The van der Waals surface area contributed by atoms with Crippen molar-refractivity contribution >= 4 is 16.0 Å². The van der Waals surface area contributed by atoms with Crippen molar-refractivity contribution in [3.8, 4) is 0 Å². The van der Waals surface area contributed by atoms with Crippen molar-refractivity contribution in [2.75, 3.05) is 31.1 Å². The highest BCUT2D eigenvalue weighted by atomic mass is 32.3. The van der Waals surface area contributed by atoms with Gasteiger partial charge in [-0.25, -0.2) is 10.0 Å². The standard InChI is InChI=1S/C18H38O2S/c1-6-8-10-12-14-17(13-11-9-7-2)18(19)20-15-16-21(3,4)5/h17H,6-16H2,1-5H3. The number of unbranched alkanes of at least 4 members (excludes halogenated alkanes) is 5. The molecule has 3 heteroatoms. The summed E-state index contributed by atoms with van der Waals surface area (Å²) in [5.41, 5.74) is 0. The minimum absolute atomic E-state index is 0.0613. The molecule has 2 nitrogen and oxygen atoms in total. The van der Waals surface area contributed by atoms with E-state index in [1.807, 2.05) is 0 Å². The molecule has 0 aromatic rings. The van der Waals surface area contributed by atoms with E-state index in [-0.39, 0.29) is 11.9 Å². The largest absolute Gasteiger partial charge is 0.465 e. The first kappa shape index (κ1) is 20.8. The summed E-state index contributed by atoms with van der Waals surface area (Å²) < 4.78 is 5.55. The SMILES string of the molecule is CCCCCCC(CCCCC)C(=O)OCCS(C)(C)C. The van der Waals surface area contributed by atoms with Crippen molar-refractivity contribution < 1.29 is 9.53 Å². The first-order valence-corrected chi connectivity index (χ1v) is 11.8. The number of rotatable bonds is 13. The highest BCUT2D eigenvalue weighted by Crippen LogP contribution is 2.33. The lowest BCUT2D eigenvalue weighted by molar-refractivity contribution is -0.148. The van der Waals surface area contributed by atoms with Gasteiger partial charge < -0.3 is 4.74 Å². The predicted molar refractivity (Wildman–Crippen MR) is 97.6 cm³/mol. The molecule has 1 unspecified atom stereocenters. The molecule has 0 bridgehead atoms. The van der Waals surface area contributed by atoms with Gasteiger partial charge >= 0.3 is 5.97 Å². The average Bonchev–Trinajstić information content (AvgIpc) is 2.40. The summed E-state index contributed by atoms with van der Waals surface area (Å²) in [6.45, 7) is 5.04. The van der Waals surface area contributed by atoms with Crippen LogP contribution in [-0.2, 0) is 9.53 Å². The number of esters is 1. The maximum atomic E-state index is 12.3. The van der Waals surface area contributed by atoms with Gasteiger partial charge in [-0.3, -0.25) is 4.79 Å². The molecule has 0 aromatic carbocycles. The van der Waals surface area contributed by atoms with E-state index in [0.29, 0.717) is 6.61 Å². The molecule has 0 aliphatic rings. The van der Waals surface area contributed by atoms with E-state index < -0.39 is 10.0 Å². The monoisotopic (exact) mass is 318 g/mol. The summed E-state index contributed by atoms with van der Waals surface area (Å²) >= 11 is 0. The smallest absolute Gasteiger partial charge is 0.308 e. The lowest BCUT2D eigenvalue weighted by Gasteiger charge is -2.25. The van der Waals surface area contributed by atoms with Gasteiger partial charge in [0.15, 0.2) is 0 Å². The molecule has 0 heterocycles. The molecular weight excluding hydrogens is 280 g/mol. The molecule has 128 valence electrons. The molecule has 1 atom stereocenters. The third-order valence-electron chi connectivity index (χ3n) is 3.84. The van der Waals surface area contributed by atoms with Gasteiger partial charge in [-0.2, -0.15) is 0 Å². The van der Waals surface area contributed by atoms with E-state index in [9.17, 15) is 4.79 Å². The summed E-state index contributed by atoms with van der Waals surface area (Å²) in [7, 11) is -0.568. The molecule has 0 radical (unpaired) electrons. The van der Waals surface area contributed by atoms with Crippen LogP contribution in [0.5, 0.6) is 0 Å². The van der Waals surface area contributed by atoms with Gasteiger partial charge in [-0.1, -0.05) is 58.8 Å². The van der Waals surface area contributed by atoms with Gasteiger partial charge in [0.1, 0.15) is 0 Å². The molecule has 0 aliphatic heterocycles. The van der Waals surface area contributed by atoms with Crippen LogP contribution in [0.1, 0.15) is 71.6 Å². The van der Waals surface area contributed by atoms with Crippen LogP contribution in [0.2, 0.25) is 0 Å². The topological polar surface area (TPSA) is 26.3 Å². The maximum absolute atomic E-state index is 12.3. The zero-order chi connectivity index (χ0) is 16.1. The zero-order valence-electron chi connectivity index (χ0n) is 15.1. The fourth-order valence-electron chi connectivity index (χ4n) is 2.35. The minimum Gasteiger partial charge on any atom is -0.465 e. The van der Waals surface area contributed by atoms with Crippen LogP contribution in [0.15, 0.2) is 0 Å². The molecule has 21 heavy (non-hydrogen) atoms. The molecule has 0 N–H and O–H groups in total. The van der Waals surface area contributed by atoms with Crippen LogP contribution in [0.25, 0.3) is 0 Å². The second-order valence-electron chi connectivity index (χ2n) is 7.00. The van der Waals surface area contributed by atoms with Crippen molar-refractivity contribution in [1.29, 1.82) is 0 Å². The number of ether oxygens (including phenoxy) is 1. The predicted octanol–water partition coefficient (Wildman–Crippen LogP) is 5.39. The van der Waals surface area contributed by atoms with E-state index in [4.69, 9.17) is 4.74 Å². The highest BCUT2D eigenvalue weighted by molar-refractivity contribution is 8.32. The van der Waals surface area contributed by atoms with Crippen molar-refractivity contribution in [2.24, 2.45) is 5.92 Å². The molecule has 0 amide bonds. The molecule has 0 fully saturated rings. The van der Waals surface area contributed by atoms with Crippen LogP contribution in [0, 0.1) is 5.92 Å². The van der Waals surface area contributed by atoms with Gasteiger partial charge in [0.25, 0.3) is 0 Å². The van der Waals surface area contributed by atoms with Crippen molar-refractivity contribution in [3.05, 3.63) is 0 Å². The fourth-order valence-corrected chi connectivity index (χ4v) is 2.93. The second kappa shape index (κ2) is 12.4. The normalized spacial score (nSPS) is 14.0. The third kappa shape index (κ3) is 13.2. The highest BCUT2D eigenvalue weighted by Gasteiger charge is 2.19. The molecule has 0 spiro atoms. The summed E-state index contributed by atoms with van der Waals surface area (Å²) in [6, 6.07) is 0. The number of hydrogen-bond donors (Lipinski definition) is 0. The Kier molecular flexibility index (Phi) is 12.3. The van der Waals surface area contributed by atoms with Gasteiger partial charge in [0.05, 0.1) is 12.5 Å². The van der Waals surface area contributed by atoms with E-state index in [0.717, 1.165) is 25.0 Å². The minimum atomic E-state index is -0.568. The Morgan fingerprint density at radius 3 is 1.95 bits per heavy atom. The Morgan fingerprint density at radius 1 is 0.905 bits per heavy atom.